The summed E-state index contributed by atoms with van der Waals surface area (Å²) < 4.78 is 0. The first-order valence-electron chi connectivity index (χ1n) is 10.3. The summed E-state index contributed by atoms with van der Waals surface area (Å²) in [6.07, 6.45) is 1.99. The molecule has 1 heterocycles. The van der Waals surface area contributed by atoms with Crippen molar-refractivity contribution in [3.8, 4) is 18.2 Å². The molecule has 0 spiro atoms. The lowest BCUT2D eigenvalue weighted by Gasteiger charge is -2.46. The molecule has 5 nitrogen and oxygen atoms in total. The number of quaternary nitrogens is 1. The second-order valence-corrected chi connectivity index (χ2v) is 8.83. The van der Waals surface area contributed by atoms with Crippen molar-refractivity contribution in [3.63, 3.8) is 0 Å². The minimum Gasteiger partial charge on any atom is -0.329 e. The molecule has 0 saturated heterocycles. The van der Waals surface area contributed by atoms with Gasteiger partial charge in [-0.05, 0) is 42.5 Å². The highest BCUT2D eigenvalue weighted by molar-refractivity contribution is 6.01. The van der Waals surface area contributed by atoms with E-state index < -0.39 is 11.3 Å². The van der Waals surface area contributed by atoms with Crippen LogP contribution in [0, 0.1) is 56.7 Å². The number of nitrogens with one attached hydrogen (secondary N) is 2. The maximum Gasteiger partial charge on any atom is 0.203 e. The van der Waals surface area contributed by atoms with Crippen molar-refractivity contribution in [1.82, 2.24) is 0 Å². The first-order valence-corrected chi connectivity index (χ1v) is 10.3. The van der Waals surface area contributed by atoms with Crippen LogP contribution in [0.15, 0.2) is 35.9 Å². The summed E-state index contributed by atoms with van der Waals surface area (Å²) >= 11 is 0. The molecule has 3 rings (SSSR count). The Morgan fingerprint density at radius 1 is 1.07 bits per heavy atom. The van der Waals surface area contributed by atoms with Crippen molar-refractivity contribution in [3.05, 3.63) is 47.0 Å². The van der Waals surface area contributed by atoms with Gasteiger partial charge in [0, 0.05) is 11.8 Å². The second-order valence-electron chi connectivity index (χ2n) is 8.83. The van der Waals surface area contributed by atoms with Crippen LogP contribution in [0.3, 0.4) is 0 Å². The minimum atomic E-state index is -1.62. The summed E-state index contributed by atoms with van der Waals surface area (Å²) in [5, 5.41) is 38.5. The number of benzene rings is 1. The number of rotatable bonds is 3. The van der Waals surface area contributed by atoms with Crippen LogP contribution < -0.4 is 4.90 Å². The Labute approximate surface area is 173 Å². The highest BCUT2D eigenvalue weighted by atomic mass is 15.2. The van der Waals surface area contributed by atoms with E-state index in [2.05, 4.69) is 70.2 Å². The summed E-state index contributed by atoms with van der Waals surface area (Å²) in [5.74, 6) is -0.697. The van der Waals surface area contributed by atoms with Crippen LogP contribution in [0.5, 0.6) is 0 Å². The van der Waals surface area contributed by atoms with Gasteiger partial charge >= 0.3 is 0 Å². The SMILES string of the molecule is CC(C)c1ccc([C@H]2C(C#N)C(=N)C(C#N)(C#N)C3=CC[NH+](C(C)C)C[C@@H]32)cc1. The largest absolute Gasteiger partial charge is 0.329 e. The Bertz CT molecular complexity index is 935. The van der Waals surface area contributed by atoms with Gasteiger partial charge in [-0.15, -0.1) is 0 Å². The molecule has 5 heteroatoms. The van der Waals surface area contributed by atoms with Crippen LogP contribution in [0.25, 0.3) is 0 Å². The molecule has 2 unspecified atom stereocenters. The first kappa shape index (κ1) is 20.8. The van der Waals surface area contributed by atoms with E-state index in [0.29, 0.717) is 12.0 Å². The van der Waals surface area contributed by atoms with Crippen LogP contribution in [0.4, 0.5) is 0 Å². The molecule has 0 aromatic heterocycles. The normalized spacial score (nSPS) is 28.1. The van der Waals surface area contributed by atoms with E-state index in [-0.39, 0.29) is 17.5 Å². The Kier molecular flexibility index (Phi) is 5.61. The number of nitriles is 3. The zero-order chi connectivity index (χ0) is 21.3. The maximum atomic E-state index is 9.99. The molecule has 29 heavy (non-hydrogen) atoms. The molecule has 4 atom stereocenters. The third kappa shape index (κ3) is 3.25. The summed E-state index contributed by atoms with van der Waals surface area (Å²) in [7, 11) is 0. The molecule has 0 radical (unpaired) electrons. The first-order chi connectivity index (χ1) is 13.8. The van der Waals surface area contributed by atoms with Crippen molar-refractivity contribution < 1.29 is 4.90 Å². The van der Waals surface area contributed by atoms with Gasteiger partial charge in [0.25, 0.3) is 0 Å². The predicted octanol–water partition coefficient (Wildman–Crippen LogP) is 2.95. The summed E-state index contributed by atoms with van der Waals surface area (Å²) in [4.78, 5) is 1.37. The molecular formula is C24H28N5+. The molecule has 0 bridgehead atoms. The number of nitrogens with zero attached hydrogens (tertiary/aromatic N) is 3. The van der Waals surface area contributed by atoms with E-state index in [1.165, 1.54) is 10.5 Å². The van der Waals surface area contributed by atoms with Gasteiger partial charge in [-0.3, -0.25) is 0 Å². The van der Waals surface area contributed by atoms with E-state index in [0.717, 1.165) is 24.2 Å². The smallest absolute Gasteiger partial charge is 0.203 e. The average Bonchev–Trinajstić information content (AvgIpc) is 2.73. The highest BCUT2D eigenvalue weighted by Crippen LogP contribution is 2.51. The lowest BCUT2D eigenvalue weighted by atomic mass is 9.55. The van der Waals surface area contributed by atoms with Crippen molar-refractivity contribution in [2.24, 2.45) is 17.3 Å². The number of hydrogen-bond donors (Lipinski definition) is 2. The fraction of sp³-hybridized carbons (Fsp3) is 0.500. The van der Waals surface area contributed by atoms with E-state index in [1.54, 1.807) is 0 Å². The standard InChI is InChI=1S/C24H27N5/c1-15(2)17-5-7-18(8-6-17)22-19(11-25)23(28)24(13-26,14-27)21-9-10-29(16(3)4)12-20(21)22/h5-9,15-16,19-20,22,28H,10,12H2,1-4H3/p+1/t19?,20-,22-/m0/s1. The number of hydrogen-bond acceptors (Lipinski definition) is 4. The van der Waals surface area contributed by atoms with E-state index >= 15 is 0 Å². The summed E-state index contributed by atoms with van der Waals surface area (Å²) in [5.41, 5.74) is 1.27. The molecule has 1 aromatic rings. The van der Waals surface area contributed by atoms with Crippen molar-refractivity contribution in [1.29, 1.82) is 21.2 Å². The molecule has 1 fully saturated rings. The lowest BCUT2D eigenvalue weighted by Crippen LogP contribution is -3.16. The van der Waals surface area contributed by atoms with E-state index in [1.807, 2.05) is 6.08 Å². The van der Waals surface area contributed by atoms with Crippen LogP contribution >= 0.6 is 0 Å². The van der Waals surface area contributed by atoms with Gasteiger partial charge in [0.05, 0.1) is 49.0 Å². The summed E-state index contributed by atoms with van der Waals surface area (Å²) in [6, 6.07) is 15.2. The Hall–Kier alpha value is -2.94. The fourth-order valence-electron chi connectivity index (χ4n) is 4.84. The molecule has 2 aliphatic rings. The lowest BCUT2D eigenvalue weighted by molar-refractivity contribution is -0.920. The predicted molar refractivity (Wildman–Crippen MR) is 111 cm³/mol. The molecule has 1 aliphatic heterocycles. The van der Waals surface area contributed by atoms with Crippen LogP contribution in [-0.2, 0) is 0 Å². The van der Waals surface area contributed by atoms with E-state index in [9.17, 15) is 15.8 Å². The zero-order valence-electron chi connectivity index (χ0n) is 17.5. The monoisotopic (exact) mass is 386 g/mol. The van der Waals surface area contributed by atoms with Crippen LogP contribution in [0.1, 0.15) is 50.7 Å². The van der Waals surface area contributed by atoms with Gasteiger partial charge in [0.1, 0.15) is 0 Å². The highest BCUT2D eigenvalue weighted by Gasteiger charge is 2.57. The Morgan fingerprint density at radius 3 is 2.17 bits per heavy atom. The number of fused-ring (bicyclic) bond motifs is 1. The van der Waals surface area contributed by atoms with Gasteiger partial charge in [0.15, 0.2) is 0 Å². The molecule has 2 N–H and O–H groups in total. The third-order valence-electron chi connectivity index (χ3n) is 6.69. The van der Waals surface area contributed by atoms with Gasteiger partial charge in [-0.2, -0.15) is 15.8 Å². The molecule has 0 amide bonds. The Morgan fingerprint density at radius 2 is 1.69 bits per heavy atom. The third-order valence-corrected chi connectivity index (χ3v) is 6.69. The zero-order valence-corrected chi connectivity index (χ0v) is 17.5. The molecule has 148 valence electrons. The minimum absolute atomic E-state index is 0.0709. The van der Waals surface area contributed by atoms with Crippen molar-refractivity contribution in [2.75, 3.05) is 13.1 Å². The topological polar surface area (TPSA) is 99.7 Å². The molecule has 1 aromatic carbocycles. The fourth-order valence-corrected chi connectivity index (χ4v) is 4.84. The second kappa shape index (κ2) is 7.82. The van der Waals surface area contributed by atoms with Crippen LogP contribution in [-0.4, -0.2) is 24.8 Å². The average molecular weight is 387 g/mol. The van der Waals surface area contributed by atoms with Crippen molar-refractivity contribution in [2.45, 2.75) is 45.6 Å². The molecule has 1 saturated carbocycles. The van der Waals surface area contributed by atoms with Crippen LogP contribution in [0.2, 0.25) is 0 Å². The van der Waals surface area contributed by atoms with E-state index in [4.69, 9.17) is 5.41 Å². The Balaban J connectivity index is 2.17. The van der Waals surface area contributed by atoms with Gasteiger partial charge in [-0.1, -0.05) is 38.1 Å². The molecular weight excluding hydrogens is 358 g/mol. The van der Waals surface area contributed by atoms with Gasteiger partial charge in [-0.25, -0.2) is 0 Å². The van der Waals surface area contributed by atoms with Gasteiger partial charge in [0.2, 0.25) is 5.41 Å². The van der Waals surface area contributed by atoms with Gasteiger partial charge < -0.3 is 10.3 Å². The molecule has 1 aliphatic carbocycles. The quantitative estimate of drug-likeness (QED) is 0.781. The summed E-state index contributed by atoms with van der Waals surface area (Å²) in [6.45, 7) is 10.1. The maximum absolute atomic E-state index is 9.99. The van der Waals surface area contributed by atoms with Crippen molar-refractivity contribution >= 4 is 5.71 Å².